The van der Waals surface area contributed by atoms with E-state index in [1.165, 1.54) is 0 Å². The van der Waals surface area contributed by atoms with Gasteiger partial charge in [0.05, 0.1) is 12.6 Å². The molecule has 4 amide bonds. The van der Waals surface area contributed by atoms with Gasteiger partial charge in [0.25, 0.3) is 0 Å². The van der Waals surface area contributed by atoms with Crippen LogP contribution in [0.15, 0.2) is 60.7 Å². The highest BCUT2D eigenvalue weighted by Crippen LogP contribution is 2.11. The summed E-state index contributed by atoms with van der Waals surface area (Å²) in [6, 6.07) is 16.4. The van der Waals surface area contributed by atoms with Gasteiger partial charge in [-0.25, -0.2) is 9.59 Å². The van der Waals surface area contributed by atoms with Crippen LogP contribution in [0.25, 0.3) is 0 Å². The normalized spacial score (nSPS) is 13.5. The van der Waals surface area contributed by atoms with Crippen LogP contribution in [0.2, 0.25) is 0 Å². The minimum atomic E-state index is -0.908. The summed E-state index contributed by atoms with van der Waals surface area (Å²) >= 11 is 0. The topological polar surface area (TPSA) is 155 Å². The maximum atomic E-state index is 13.2. The van der Waals surface area contributed by atoms with Gasteiger partial charge in [-0.15, -0.1) is 0 Å². The Morgan fingerprint density at radius 1 is 0.667 bits per heavy atom. The van der Waals surface area contributed by atoms with Crippen molar-refractivity contribution < 1.29 is 33.8 Å². The molecule has 0 spiro atoms. The Kier molecular flexibility index (Phi) is 14.8. The third-order valence-corrected chi connectivity index (χ3v) is 6.43. The van der Waals surface area contributed by atoms with E-state index in [2.05, 4.69) is 21.3 Å². The number of nitrogens with one attached hydrogen (secondary N) is 4. The largest absolute Gasteiger partial charge is 0.444 e. The zero-order valence-corrected chi connectivity index (χ0v) is 27.4. The number of ether oxygens (including phenoxy) is 2. The number of unbranched alkanes of at least 4 members (excludes halogenated alkanes) is 1. The van der Waals surface area contributed by atoms with Crippen molar-refractivity contribution in [1.82, 2.24) is 21.3 Å². The molecular weight excluding hydrogens is 576 g/mol. The summed E-state index contributed by atoms with van der Waals surface area (Å²) in [7, 11) is 0. The van der Waals surface area contributed by atoms with Gasteiger partial charge in [-0.05, 0) is 71.9 Å². The second kappa shape index (κ2) is 18.0. The van der Waals surface area contributed by atoms with Crippen molar-refractivity contribution in [3.05, 3.63) is 71.8 Å². The average Bonchev–Trinajstić information content (AvgIpc) is 2.94. The summed E-state index contributed by atoms with van der Waals surface area (Å²) in [6.45, 7) is 10.5. The average molecular weight is 627 g/mol. The molecular formula is C34H50N4O7. The van der Waals surface area contributed by atoms with Crippen molar-refractivity contribution in [1.29, 1.82) is 0 Å². The van der Waals surface area contributed by atoms with E-state index in [0.29, 0.717) is 32.2 Å². The van der Waals surface area contributed by atoms with Gasteiger partial charge in [-0.1, -0.05) is 60.7 Å². The third kappa shape index (κ3) is 16.0. The molecule has 0 bridgehead atoms. The number of alkyl carbamates (subject to hydrolysis) is 2. The molecule has 11 nitrogen and oxygen atoms in total. The van der Waals surface area contributed by atoms with Gasteiger partial charge in [0.1, 0.15) is 23.3 Å². The Hall–Kier alpha value is -4.12. The van der Waals surface area contributed by atoms with Crippen molar-refractivity contribution in [3.8, 4) is 0 Å². The summed E-state index contributed by atoms with van der Waals surface area (Å²) in [5.41, 5.74) is 0.316. The highest BCUT2D eigenvalue weighted by molar-refractivity contribution is 5.86. The number of carbonyl (C=O) groups excluding carboxylic acids is 4. The van der Waals surface area contributed by atoms with Crippen LogP contribution < -0.4 is 21.3 Å². The Bertz CT molecular complexity index is 1210. The summed E-state index contributed by atoms with van der Waals surface area (Å²) < 4.78 is 10.7. The first kappa shape index (κ1) is 37.1. The quantitative estimate of drug-likeness (QED) is 0.187. The first-order valence-corrected chi connectivity index (χ1v) is 15.4. The van der Waals surface area contributed by atoms with Crippen LogP contribution in [0.4, 0.5) is 9.59 Å². The number of aliphatic hydroxyl groups is 1. The van der Waals surface area contributed by atoms with Gasteiger partial charge < -0.3 is 35.8 Å². The van der Waals surface area contributed by atoms with E-state index in [-0.39, 0.29) is 18.9 Å². The van der Waals surface area contributed by atoms with E-state index in [1.807, 2.05) is 60.7 Å². The minimum Gasteiger partial charge on any atom is -0.444 e. The first-order chi connectivity index (χ1) is 21.1. The van der Waals surface area contributed by atoms with Crippen molar-refractivity contribution in [2.45, 2.75) is 103 Å². The lowest BCUT2D eigenvalue weighted by Crippen LogP contribution is -2.52. The Morgan fingerprint density at radius 3 is 1.53 bits per heavy atom. The molecule has 11 heteroatoms. The zero-order valence-electron chi connectivity index (χ0n) is 27.4. The van der Waals surface area contributed by atoms with Gasteiger partial charge in [0.2, 0.25) is 11.8 Å². The Morgan fingerprint density at radius 2 is 1.11 bits per heavy atom. The molecule has 2 rings (SSSR count). The number of hydrogen-bond donors (Lipinski definition) is 5. The van der Waals surface area contributed by atoms with Crippen LogP contribution in [-0.2, 0) is 31.9 Å². The van der Waals surface area contributed by atoms with Crippen molar-refractivity contribution in [2.24, 2.45) is 0 Å². The van der Waals surface area contributed by atoms with Gasteiger partial charge >= 0.3 is 12.2 Å². The molecule has 0 aromatic heterocycles. The fourth-order valence-corrected chi connectivity index (χ4v) is 4.38. The number of rotatable bonds is 15. The van der Waals surface area contributed by atoms with Crippen LogP contribution >= 0.6 is 0 Å². The van der Waals surface area contributed by atoms with Crippen molar-refractivity contribution in [3.63, 3.8) is 0 Å². The number of aliphatic hydroxyl groups excluding tert-OH is 1. The van der Waals surface area contributed by atoms with Gasteiger partial charge in [-0.2, -0.15) is 0 Å². The van der Waals surface area contributed by atoms with E-state index < -0.39 is 47.4 Å². The maximum Gasteiger partial charge on any atom is 0.408 e. The van der Waals surface area contributed by atoms with Crippen molar-refractivity contribution >= 4 is 24.0 Å². The molecule has 2 aromatic rings. The molecule has 0 saturated heterocycles. The fourth-order valence-electron chi connectivity index (χ4n) is 4.38. The van der Waals surface area contributed by atoms with E-state index in [1.54, 1.807) is 41.5 Å². The molecule has 0 heterocycles. The minimum absolute atomic E-state index is 0.248. The molecule has 0 aliphatic carbocycles. The van der Waals surface area contributed by atoms with E-state index >= 15 is 0 Å². The van der Waals surface area contributed by atoms with E-state index in [9.17, 15) is 24.3 Å². The van der Waals surface area contributed by atoms with E-state index in [4.69, 9.17) is 9.47 Å². The molecule has 3 unspecified atom stereocenters. The predicted octanol–water partition coefficient (Wildman–Crippen LogP) is 4.02. The molecule has 45 heavy (non-hydrogen) atoms. The number of hydrogen-bond acceptors (Lipinski definition) is 7. The highest BCUT2D eigenvalue weighted by Gasteiger charge is 2.27. The SMILES string of the molecule is CC(C)(C)OC(=O)NC(Cc1ccccc1)C(=O)NCCCCC(CO)NC(=O)C(Cc1ccccc1)NC(=O)OC(C)(C)C. The van der Waals surface area contributed by atoms with Gasteiger partial charge in [-0.3, -0.25) is 9.59 Å². The predicted molar refractivity (Wildman–Crippen MR) is 172 cm³/mol. The monoisotopic (exact) mass is 626 g/mol. The summed E-state index contributed by atoms with van der Waals surface area (Å²) in [4.78, 5) is 51.1. The molecule has 0 aliphatic heterocycles. The first-order valence-electron chi connectivity index (χ1n) is 15.4. The molecule has 0 aliphatic rings. The molecule has 0 saturated carbocycles. The second-order valence-corrected chi connectivity index (χ2v) is 13.0. The van der Waals surface area contributed by atoms with Crippen molar-refractivity contribution in [2.75, 3.05) is 13.2 Å². The number of amides is 4. The molecule has 3 atom stereocenters. The number of carbonyl (C=O) groups is 4. The van der Waals surface area contributed by atoms with Crippen LogP contribution in [0.3, 0.4) is 0 Å². The lowest BCUT2D eigenvalue weighted by atomic mass is 10.0. The lowest BCUT2D eigenvalue weighted by molar-refractivity contribution is -0.124. The highest BCUT2D eigenvalue weighted by atomic mass is 16.6. The number of benzene rings is 2. The van der Waals surface area contributed by atoms with Crippen LogP contribution in [-0.4, -0.2) is 71.6 Å². The second-order valence-electron chi connectivity index (χ2n) is 13.0. The molecule has 248 valence electrons. The Balaban J connectivity index is 1.90. The fraction of sp³-hybridized carbons (Fsp3) is 0.529. The van der Waals surface area contributed by atoms with E-state index in [0.717, 1.165) is 11.1 Å². The summed E-state index contributed by atoms with van der Waals surface area (Å²) in [5, 5.41) is 21.0. The smallest absolute Gasteiger partial charge is 0.408 e. The lowest BCUT2D eigenvalue weighted by Gasteiger charge is -2.25. The van der Waals surface area contributed by atoms with Crippen LogP contribution in [0, 0.1) is 0 Å². The molecule has 5 N–H and O–H groups in total. The molecule has 2 aromatic carbocycles. The van der Waals surface area contributed by atoms with Crippen LogP contribution in [0.1, 0.15) is 71.9 Å². The van der Waals surface area contributed by atoms with Gasteiger partial charge in [0.15, 0.2) is 0 Å². The standard InChI is InChI=1S/C34H50N4O7/c1-33(2,3)44-31(42)37-27(21-24-15-9-7-10-16-24)29(40)35-20-14-13-19-26(23-39)36-30(41)28(22-25-17-11-8-12-18-25)38-32(43)45-34(4,5)6/h7-12,15-18,26-28,39H,13-14,19-23H2,1-6H3,(H,35,40)(H,36,41)(H,37,42)(H,38,43). The summed E-state index contributed by atoms with van der Waals surface area (Å²) in [5.74, 6) is -0.775. The molecule has 0 radical (unpaired) electrons. The molecule has 0 fully saturated rings. The Labute approximate surface area is 266 Å². The zero-order chi connectivity index (χ0) is 33.5. The summed E-state index contributed by atoms with van der Waals surface area (Å²) in [6.07, 6.45) is 0.785. The van der Waals surface area contributed by atoms with Gasteiger partial charge in [0, 0.05) is 19.4 Å². The van der Waals surface area contributed by atoms with Crippen LogP contribution in [0.5, 0.6) is 0 Å². The maximum absolute atomic E-state index is 13.2. The third-order valence-electron chi connectivity index (χ3n) is 6.43.